The molecule has 0 spiro atoms. The van der Waals surface area contributed by atoms with E-state index in [1.165, 1.54) is 17.2 Å². The van der Waals surface area contributed by atoms with Crippen molar-refractivity contribution in [2.24, 2.45) is 0 Å². The molecule has 6 rings (SSSR count). The number of nitrogens with zero attached hydrogens (tertiary/aromatic N) is 4. The number of alkyl halides is 1. The van der Waals surface area contributed by atoms with Gasteiger partial charge in [-0.25, -0.2) is 23.9 Å². The van der Waals surface area contributed by atoms with Gasteiger partial charge in [0.2, 0.25) is 0 Å². The molecule has 5 heterocycles. The Bertz CT molecular complexity index is 1630. The minimum absolute atomic E-state index is 0.0754. The van der Waals surface area contributed by atoms with E-state index < -0.39 is 75.8 Å². The third-order valence-corrected chi connectivity index (χ3v) is 9.89. The summed E-state index contributed by atoms with van der Waals surface area (Å²) in [6, 6.07) is 8.97. The van der Waals surface area contributed by atoms with Gasteiger partial charge in [0, 0.05) is 5.56 Å². The molecule has 224 valence electrons. The highest BCUT2D eigenvalue weighted by molar-refractivity contribution is 8.44. The Morgan fingerprint density at radius 3 is 2.64 bits per heavy atom. The topological polar surface area (TPSA) is 183 Å². The van der Waals surface area contributed by atoms with Gasteiger partial charge in [0.05, 0.1) is 19.5 Å². The molecule has 10 atom stereocenters. The molecule has 3 saturated heterocycles. The first-order chi connectivity index (χ1) is 20.0. The van der Waals surface area contributed by atoms with Crippen molar-refractivity contribution >= 4 is 54.6 Å². The number of anilines is 1. The Kier molecular flexibility index (Phi) is 8.44. The van der Waals surface area contributed by atoms with Crippen molar-refractivity contribution in [3.8, 4) is 11.8 Å². The second-order valence-corrected chi connectivity index (χ2v) is 15.1. The van der Waals surface area contributed by atoms with Crippen LogP contribution in [0.15, 0.2) is 43.0 Å². The molecule has 14 nitrogen and oxygen atoms in total. The van der Waals surface area contributed by atoms with Crippen LogP contribution in [-0.4, -0.2) is 85.5 Å². The van der Waals surface area contributed by atoms with Gasteiger partial charge in [-0.05, 0) is 23.9 Å². The third kappa shape index (κ3) is 6.14. The maximum absolute atomic E-state index is 15.9. The number of hydrogen-bond acceptors (Lipinski definition) is 13. The summed E-state index contributed by atoms with van der Waals surface area (Å²) in [4.78, 5) is 23.0. The molecule has 19 heteroatoms. The molecule has 3 aliphatic rings. The van der Waals surface area contributed by atoms with Gasteiger partial charge in [0.15, 0.2) is 23.9 Å². The maximum atomic E-state index is 15.9. The number of ether oxygens (including phenoxy) is 2. The lowest BCUT2D eigenvalue weighted by atomic mass is 10.1. The van der Waals surface area contributed by atoms with Crippen LogP contribution in [0.25, 0.3) is 11.2 Å². The average Bonchev–Trinajstić information content (AvgIpc) is 3.60. The molecule has 0 saturated carbocycles. The molecule has 3 aromatic rings. The molecule has 2 bridgehead atoms. The Hall–Kier alpha value is -2.03. The summed E-state index contributed by atoms with van der Waals surface area (Å²) in [6.07, 6.45) is -8.69. The second kappa shape index (κ2) is 11.8. The number of aromatic nitrogens is 4. The van der Waals surface area contributed by atoms with Gasteiger partial charge in [-0.3, -0.25) is 18.1 Å². The predicted molar refractivity (Wildman–Crippen MR) is 151 cm³/mol. The number of rotatable bonds is 1. The number of fused-ring (bicyclic) bond motifs is 4. The lowest BCUT2D eigenvalue weighted by Crippen LogP contribution is -2.36. The maximum Gasteiger partial charge on any atom is 0.386 e. The van der Waals surface area contributed by atoms with Crippen LogP contribution in [0.2, 0.25) is 0 Å². The summed E-state index contributed by atoms with van der Waals surface area (Å²) in [5.41, 5.74) is 6.90. The number of hydrogen-bond donors (Lipinski definition) is 4. The fourth-order valence-corrected chi connectivity index (χ4v) is 7.62. The van der Waals surface area contributed by atoms with Gasteiger partial charge in [0.25, 0.3) is 0 Å². The van der Waals surface area contributed by atoms with E-state index in [4.69, 9.17) is 45.1 Å². The zero-order valence-electron chi connectivity index (χ0n) is 21.3. The lowest BCUT2D eigenvalue weighted by molar-refractivity contribution is -0.0450. The van der Waals surface area contributed by atoms with Crippen LogP contribution < -0.4 is 5.73 Å². The number of nitrogen functional groups attached to an aromatic ring is 1. The standard InChI is InChI=1S/C23H24FN5O9P2S2/c24-16-19-15(36-23(16)29-11-28-17-21(25)26-10-27-22(17)29)9-34-40(32,42)38-20-13(7-6-12-4-2-1-3-5-12)35-14(18(20)30)8-33-39(31,41)37-19/h1-5,10-11,13-16,18-20,23,30H,8-9H2,(H,31,41)(H,32,42)(H2,25,26,27)/t13-,14+,15+,16+,18+,19+,20-,23+,39?,40?/m0/s1. The number of thiol groups is 1. The van der Waals surface area contributed by atoms with E-state index in [0.29, 0.717) is 5.56 Å². The van der Waals surface area contributed by atoms with Crippen molar-refractivity contribution in [1.29, 1.82) is 0 Å². The van der Waals surface area contributed by atoms with Crippen molar-refractivity contribution < 1.29 is 46.5 Å². The highest BCUT2D eigenvalue weighted by atomic mass is 32.7. The van der Waals surface area contributed by atoms with Gasteiger partial charge >= 0.3 is 13.5 Å². The molecule has 4 N–H and O–H groups in total. The number of nitrogens with two attached hydrogens (primary N) is 1. The summed E-state index contributed by atoms with van der Waals surface area (Å²) in [5.74, 6) is 5.83. The molecule has 0 aliphatic carbocycles. The third-order valence-electron chi connectivity index (χ3n) is 6.71. The van der Waals surface area contributed by atoms with Crippen molar-refractivity contribution in [3.05, 3.63) is 48.5 Å². The normalized spacial score (nSPS) is 39.0. The molecule has 0 amide bonds. The lowest BCUT2D eigenvalue weighted by Gasteiger charge is -2.25. The van der Waals surface area contributed by atoms with E-state index >= 15 is 4.39 Å². The SMILES string of the molecule is Nc1ncnc2c1ncn2[C@@H]1O[C@@H]2COP(O)(=S)O[C@@H]3[C@H](O)[C@@H](COP(=O)(S)O[C@H]2[C@H]1F)O[C@H]3C#Cc1ccccc1. The quantitative estimate of drug-likeness (QED) is 0.169. The van der Waals surface area contributed by atoms with Crippen molar-refractivity contribution in [1.82, 2.24) is 19.5 Å². The molecule has 2 unspecified atom stereocenters. The molecule has 3 fully saturated rings. The van der Waals surface area contributed by atoms with Crippen molar-refractivity contribution in [3.63, 3.8) is 0 Å². The first-order valence-electron chi connectivity index (χ1n) is 12.5. The number of aliphatic hydroxyl groups is 1. The van der Waals surface area contributed by atoms with Crippen molar-refractivity contribution in [2.45, 2.75) is 49.0 Å². The summed E-state index contributed by atoms with van der Waals surface area (Å²) in [7, 11) is 0. The zero-order valence-corrected chi connectivity index (χ0v) is 24.8. The largest absolute Gasteiger partial charge is 0.387 e. The van der Waals surface area contributed by atoms with Crippen molar-refractivity contribution in [2.75, 3.05) is 18.9 Å². The fourth-order valence-electron chi connectivity index (χ4n) is 4.72. The van der Waals surface area contributed by atoms with Gasteiger partial charge in [-0.15, -0.1) is 0 Å². The van der Waals surface area contributed by atoms with Crippen LogP contribution in [0.1, 0.15) is 11.8 Å². The molecular formula is C23H24FN5O9P2S2. The molecule has 0 radical (unpaired) electrons. The number of benzene rings is 1. The minimum atomic E-state index is -4.29. The summed E-state index contributed by atoms with van der Waals surface area (Å²) in [6.45, 7) is -9.46. The Balaban J connectivity index is 1.28. The highest BCUT2D eigenvalue weighted by Crippen LogP contribution is 2.58. The van der Waals surface area contributed by atoms with E-state index in [1.54, 1.807) is 24.3 Å². The Labute approximate surface area is 248 Å². The fraction of sp³-hybridized carbons (Fsp3) is 0.435. The number of aliphatic hydroxyl groups excluding tert-OH is 1. The van der Waals surface area contributed by atoms with Gasteiger partial charge in [-0.1, -0.05) is 42.3 Å². The smallest absolute Gasteiger partial charge is 0.386 e. The van der Waals surface area contributed by atoms with Crippen LogP contribution in [0.4, 0.5) is 10.2 Å². The Morgan fingerprint density at radius 2 is 1.86 bits per heavy atom. The van der Waals surface area contributed by atoms with E-state index in [2.05, 4.69) is 39.0 Å². The van der Waals surface area contributed by atoms with E-state index in [-0.39, 0.29) is 17.0 Å². The molecule has 1 aromatic carbocycles. The first-order valence-corrected chi connectivity index (χ1v) is 17.7. The minimum Gasteiger partial charge on any atom is -0.387 e. The van der Waals surface area contributed by atoms with E-state index in [9.17, 15) is 14.6 Å². The Morgan fingerprint density at radius 1 is 1.10 bits per heavy atom. The summed E-state index contributed by atoms with van der Waals surface area (Å²) < 4.78 is 64.2. The zero-order chi connectivity index (χ0) is 29.6. The van der Waals surface area contributed by atoms with E-state index in [0.717, 1.165) is 0 Å². The van der Waals surface area contributed by atoms with Gasteiger partial charge < -0.3 is 29.7 Å². The second-order valence-electron chi connectivity index (χ2n) is 9.48. The number of imidazole rings is 1. The van der Waals surface area contributed by atoms with Crippen LogP contribution in [0.3, 0.4) is 0 Å². The summed E-state index contributed by atoms with van der Waals surface area (Å²) in [5, 5.41) is 10.9. The van der Waals surface area contributed by atoms with Crippen LogP contribution in [0.5, 0.6) is 0 Å². The predicted octanol–water partition coefficient (Wildman–Crippen LogP) is 1.90. The van der Waals surface area contributed by atoms with E-state index in [1.807, 2.05) is 6.07 Å². The number of halogens is 1. The van der Waals surface area contributed by atoms with Crippen LogP contribution in [0, 0.1) is 11.8 Å². The first kappa shape index (κ1) is 30.0. The molecule has 2 aromatic heterocycles. The van der Waals surface area contributed by atoms with Crippen LogP contribution >= 0.6 is 25.8 Å². The highest BCUT2D eigenvalue weighted by Gasteiger charge is 2.52. The average molecular weight is 660 g/mol. The monoisotopic (exact) mass is 659 g/mol. The van der Waals surface area contributed by atoms with Crippen LogP contribution in [-0.2, 0) is 43.9 Å². The van der Waals surface area contributed by atoms with Gasteiger partial charge in [0.1, 0.15) is 48.5 Å². The molecule has 3 aliphatic heterocycles. The molecular weight excluding hydrogens is 635 g/mol. The summed E-state index contributed by atoms with van der Waals surface area (Å²) >= 11 is 9.20. The van der Waals surface area contributed by atoms with Gasteiger partial charge in [-0.2, -0.15) is 0 Å². The molecule has 42 heavy (non-hydrogen) atoms.